The van der Waals surface area contributed by atoms with Crippen LogP contribution >= 0.6 is 0 Å². The lowest BCUT2D eigenvalue weighted by Gasteiger charge is -2.18. The molecule has 1 aliphatic rings. The minimum Gasteiger partial charge on any atom is -0.392 e. The van der Waals surface area contributed by atoms with Crippen molar-refractivity contribution < 1.29 is 5.11 Å². The van der Waals surface area contributed by atoms with Crippen LogP contribution in [0.5, 0.6) is 0 Å². The quantitative estimate of drug-likeness (QED) is 0.521. The molecule has 1 rings (SSSR count). The van der Waals surface area contributed by atoms with Crippen LogP contribution in [0.4, 0.5) is 0 Å². The molecule has 0 radical (unpaired) electrons. The van der Waals surface area contributed by atoms with Gasteiger partial charge in [0, 0.05) is 13.1 Å². The first-order valence-electron chi connectivity index (χ1n) is 3.43. The maximum Gasteiger partial charge on any atom is 0.191 e. The van der Waals surface area contributed by atoms with Crippen LogP contribution in [0.2, 0.25) is 0 Å². The summed E-state index contributed by atoms with van der Waals surface area (Å²) in [6.45, 7) is 3.94. The van der Waals surface area contributed by atoms with Gasteiger partial charge in [-0.2, -0.15) is 0 Å². The Hall–Kier alpha value is -0.770. The Balaban J connectivity index is 2.35. The zero-order valence-corrected chi connectivity index (χ0v) is 6.12. The van der Waals surface area contributed by atoms with Gasteiger partial charge in [0.25, 0.3) is 0 Å². The molecule has 0 aromatic heterocycles. The highest BCUT2D eigenvalue weighted by Crippen LogP contribution is 1.98. The summed E-state index contributed by atoms with van der Waals surface area (Å²) in [6, 6.07) is 0. The molecule has 0 saturated carbocycles. The molecule has 0 aromatic rings. The van der Waals surface area contributed by atoms with Crippen LogP contribution in [-0.2, 0) is 0 Å². The summed E-state index contributed by atoms with van der Waals surface area (Å²) >= 11 is 0. The van der Waals surface area contributed by atoms with Crippen LogP contribution < -0.4 is 5.73 Å². The number of hydrogen-bond acceptors (Lipinski definition) is 4. The van der Waals surface area contributed by atoms with Crippen molar-refractivity contribution >= 4 is 5.96 Å². The Bertz CT molecular complexity index is 144. The van der Waals surface area contributed by atoms with Gasteiger partial charge in [-0.3, -0.25) is 4.99 Å². The second kappa shape index (κ2) is 2.88. The van der Waals surface area contributed by atoms with E-state index >= 15 is 0 Å². The van der Waals surface area contributed by atoms with Gasteiger partial charge in [0.1, 0.15) is 0 Å². The van der Waals surface area contributed by atoms with Gasteiger partial charge in [-0.05, 0) is 6.92 Å². The molecule has 0 aliphatic carbocycles. The van der Waals surface area contributed by atoms with E-state index in [0.717, 1.165) is 13.1 Å². The minimum atomic E-state index is -0.327. The second-order valence-electron chi connectivity index (χ2n) is 2.53. The Morgan fingerprint density at radius 1 is 1.90 bits per heavy atom. The van der Waals surface area contributed by atoms with Crippen molar-refractivity contribution in [2.75, 3.05) is 19.6 Å². The number of aliphatic hydroxyl groups is 1. The molecule has 0 amide bonds. The molecule has 0 fully saturated rings. The summed E-state index contributed by atoms with van der Waals surface area (Å²) in [5, 5.41) is 8.98. The number of aliphatic imine (C=N–C) groups is 1. The molecular weight excluding hydrogens is 130 g/mol. The third-order valence-corrected chi connectivity index (χ3v) is 1.45. The molecule has 0 spiro atoms. The lowest BCUT2D eigenvalue weighted by atomic mass is 10.4. The van der Waals surface area contributed by atoms with Crippen molar-refractivity contribution in [3.8, 4) is 0 Å². The first-order valence-corrected chi connectivity index (χ1v) is 3.43. The first-order chi connectivity index (χ1) is 4.70. The van der Waals surface area contributed by atoms with Crippen molar-refractivity contribution in [1.82, 2.24) is 4.90 Å². The predicted molar refractivity (Wildman–Crippen MR) is 39.7 cm³/mol. The number of β-amino-alcohol motifs (C(OH)–C–C–N with tert-alkyl or cyclic N) is 1. The molecule has 1 aliphatic heterocycles. The largest absolute Gasteiger partial charge is 0.392 e. The van der Waals surface area contributed by atoms with Crippen molar-refractivity contribution in [2.24, 2.45) is 10.7 Å². The highest BCUT2D eigenvalue weighted by atomic mass is 16.3. The second-order valence-corrected chi connectivity index (χ2v) is 2.53. The van der Waals surface area contributed by atoms with E-state index in [2.05, 4.69) is 4.99 Å². The third-order valence-electron chi connectivity index (χ3n) is 1.45. The SMILES string of the molecule is CC(O)CN1CCN=C1N. The Morgan fingerprint density at radius 3 is 3.00 bits per heavy atom. The van der Waals surface area contributed by atoms with Gasteiger partial charge in [-0.25, -0.2) is 0 Å². The molecular formula is C6H13N3O. The molecule has 4 nitrogen and oxygen atoms in total. The fourth-order valence-corrected chi connectivity index (χ4v) is 1.00. The fourth-order valence-electron chi connectivity index (χ4n) is 1.00. The number of hydrogen-bond donors (Lipinski definition) is 2. The summed E-state index contributed by atoms with van der Waals surface area (Å²) < 4.78 is 0. The molecule has 1 unspecified atom stereocenters. The number of nitrogens with two attached hydrogens (primary N) is 1. The smallest absolute Gasteiger partial charge is 0.191 e. The van der Waals surface area contributed by atoms with Gasteiger partial charge in [0.15, 0.2) is 5.96 Å². The summed E-state index contributed by atoms with van der Waals surface area (Å²) in [5.41, 5.74) is 5.49. The van der Waals surface area contributed by atoms with Crippen LogP contribution in [0.25, 0.3) is 0 Å². The molecule has 4 heteroatoms. The predicted octanol–water partition coefficient (Wildman–Crippen LogP) is -1.00. The van der Waals surface area contributed by atoms with Gasteiger partial charge in [-0.15, -0.1) is 0 Å². The van der Waals surface area contributed by atoms with E-state index in [9.17, 15) is 0 Å². The summed E-state index contributed by atoms with van der Waals surface area (Å²) in [6.07, 6.45) is -0.327. The third kappa shape index (κ3) is 1.60. The lowest BCUT2D eigenvalue weighted by molar-refractivity contribution is 0.163. The minimum absolute atomic E-state index is 0.327. The Kier molecular flexibility index (Phi) is 2.11. The van der Waals surface area contributed by atoms with Gasteiger partial charge in [0.05, 0.1) is 12.6 Å². The summed E-state index contributed by atoms with van der Waals surface area (Å²) in [5.74, 6) is 0.556. The maximum absolute atomic E-state index is 8.98. The van der Waals surface area contributed by atoms with E-state index in [1.165, 1.54) is 0 Å². The van der Waals surface area contributed by atoms with E-state index in [1.807, 2.05) is 4.90 Å². The van der Waals surface area contributed by atoms with Crippen LogP contribution in [0.15, 0.2) is 4.99 Å². The molecule has 0 saturated heterocycles. The highest BCUT2D eigenvalue weighted by molar-refractivity contribution is 5.79. The molecule has 1 atom stereocenters. The monoisotopic (exact) mass is 143 g/mol. The van der Waals surface area contributed by atoms with Crippen LogP contribution in [0.1, 0.15) is 6.92 Å². The number of guanidine groups is 1. The Morgan fingerprint density at radius 2 is 2.60 bits per heavy atom. The average molecular weight is 143 g/mol. The van der Waals surface area contributed by atoms with Gasteiger partial charge in [0.2, 0.25) is 0 Å². The van der Waals surface area contributed by atoms with Gasteiger partial charge >= 0.3 is 0 Å². The standard InChI is InChI=1S/C6H13N3O/c1-5(10)4-9-3-2-8-6(9)7/h5,10H,2-4H2,1H3,(H2,7,8). The van der Waals surface area contributed by atoms with Crippen molar-refractivity contribution in [3.05, 3.63) is 0 Å². The number of nitrogens with zero attached hydrogens (tertiary/aromatic N) is 2. The maximum atomic E-state index is 8.98. The van der Waals surface area contributed by atoms with E-state index in [-0.39, 0.29) is 6.10 Å². The molecule has 3 N–H and O–H groups in total. The van der Waals surface area contributed by atoms with Crippen molar-refractivity contribution in [1.29, 1.82) is 0 Å². The normalized spacial score (nSPS) is 21.0. The molecule has 1 heterocycles. The number of rotatable bonds is 2. The molecule has 0 aromatic carbocycles. The van der Waals surface area contributed by atoms with Crippen molar-refractivity contribution in [2.45, 2.75) is 13.0 Å². The Labute approximate surface area is 60.3 Å². The first kappa shape index (κ1) is 7.34. The highest BCUT2D eigenvalue weighted by Gasteiger charge is 2.14. The van der Waals surface area contributed by atoms with Crippen LogP contribution in [-0.4, -0.2) is 41.7 Å². The van der Waals surface area contributed by atoms with Gasteiger partial charge < -0.3 is 15.7 Å². The number of aliphatic hydroxyl groups excluding tert-OH is 1. The zero-order chi connectivity index (χ0) is 7.56. The van der Waals surface area contributed by atoms with E-state index in [1.54, 1.807) is 6.92 Å². The van der Waals surface area contributed by atoms with Crippen LogP contribution in [0, 0.1) is 0 Å². The lowest BCUT2D eigenvalue weighted by Crippen LogP contribution is -2.38. The van der Waals surface area contributed by atoms with E-state index in [0.29, 0.717) is 12.5 Å². The molecule has 10 heavy (non-hydrogen) atoms. The van der Waals surface area contributed by atoms with Crippen molar-refractivity contribution in [3.63, 3.8) is 0 Å². The summed E-state index contributed by atoms with van der Waals surface area (Å²) in [4.78, 5) is 5.86. The summed E-state index contributed by atoms with van der Waals surface area (Å²) in [7, 11) is 0. The zero-order valence-electron chi connectivity index (χ0n) is 6.12. The topological polar surface area (TPSA) is 61.8 Å². The average Bonchev–Trinajstić information content (AvgIpc) is 2.15. The van der Waals surface area contributed by atoms with Crippen LogP contribution in [0.3, 0.4) is 0 Å². The van der Waals surface area contributed by atoms with E-state index < -0.39 is 0 Å². The fraction of sp³-hybridized carbons (Fsp3) is 0.833. The molecule has 0 bridgehead atoms. The van der Waals surface area contributed by atoms with Gasteiger partial charge in [-0.1, -0.05) is 0 Å². The van der Waals surface area contributed by atoms with E-state index in [4.69, 9.17) is 10.8 Å². The molecule has 58 valence electrons.